The third-order valence-corrected chi connectivity index (χ3v) is 5.07. The summed E-state index contributed by atoms with van der Waals surface area (Å²) in [6.07, 6.45) is 2.66. The number of aryl methyl sites for hydroxylation is 1. The van der Waals surface area contributed by atoms with E-state index in [1.165, 1.54) is 11.3 Å². The van der Waals surface area contributed by atoms with Crippen molar-refractivity contribution in [2.75, 3.05) is 18.0 Å². The van der Waals surface area contributed by atoms with Gasteiger partial charge in [0.25, 0.3) is 5.91 Å². The second-order valence-electron chi connectivity index (χ2n) is 6.02. The molecule has 2 amide bonds. The van der Waals surface area contributed by atoms with E-state index >= 15 is 0 Å². The molecular weight excluding hydrogens is 332 g/mol. The quantitative estimate of drug-likeness (QED) is 0.861. The molecule has 1 saturated heterocycles. The third kappa shape index (κ3) is 4.49. The van der Waals surface area contributed by atoms with Crippen LogP contribution in [0.4, 0.5) is 5.69 Å². The highest BCUT2D eigenvalue weighted by molar-refractivity contribution is 7.12. The Bertz CT molecular complexity index is 827. The molecule has 25 heavy (non-hydrogen) atoms. The molecule has 128 valence electrons. The van der Waals surface area contributed by atoms with Gasteiger partial charge in [-0.15, -0.1) is 11.3 Å². The van der Waals surface area contributed by atoms with Crippen molar-refractivity contribution in [3.8, 4) is 11.8 Å². The van der Waals surface area contributed by atoms with Gasteiger partial charge in [-0.25, -0.2) is 0 Å². The second-order valence-corrected chi connectivity index (χ2v) is 6.93. The Morgan fingerprint density at radius 1 is 1.28 bits per heavy atom. The number of rotatable bonds is 3. The minimum atomic E-state index is -0.0913. The van der Waals surface area contributed by atoms with Crippen LogP contribution in [-0.2, 0) is 4.79 Å². The molecule has 5 heteroatoms. The summed E-state index contributed by atoms with van der Waals surface area (Å²) in [5.41, 5.74) is 2.89. The Labute approximate surface area is 151 Å². The van der Waals surface area contributed by atoms with Crippen molar-refractivity contribution in [2.45, 2.75) is 26.2 Å². The van der Waals surface area contributed by atoms with Crippen LogP contribution >= 0.6 is 11.3 Å². The van der Waals surface area contributed by atoms with Crippen LogP contribution in [0.25, 0.3) is 0 Å². The van der Waals surface area contributed by atoms with E-state index in [4.69, 9.17) is 0 Å². The van der Waals surface area contributed by atoms with Crippen LogP contribution < -0.4 is 10.2 Å². The highest BCUT2D eigenvalue weighted by atomic mass is 32.1. The SMILES string of the molecule is Cc1csc(C(=O)NCC#Cc2ccc(N3CCCCC3=O)cc2)c1. The van der Waals surface area contributed by atoms with Gasteiger partial charge in [-0.3, -0.25) is 9.59 Å². The number of amides is 2. The molecule has 1 aliphatic heterocycles. The number of carbonyl (C=O) groups excluding carboxylic acids is 2. The number of hydrogen-bond acceptors (Lipinski definition) is 3. The second kappa shape index (κ2) is 8.00. The van der Waals surface area contributed by atoms with Crippen molar-refractivity contribution in [1.29, 1.82) is 0 Å². The van der Waals surface area contributed by atoms with Crippen LogP contribution in [0.3, 0.4) is 0 Å². The van der Waals surface area contributed by atoms with Crippen molar-refractivity contribution < 1.29 is 9.59 Å². The van der Waals surface area contributed by atoms with Gasteiger partial charge in [0, 0.05) is 24.2 Å². The number of benzene rings is 1. The number of hydrogen-bond donors (Lipinski definition) is 1. The van der Waals surface area contributed by atoms with Crippen LogP contribution in [0.2, 0.25) is 0 Å². The summed E-state index contributed by atoms with van der Waals surface area (Å²) in [4.78, 5) is 26.4. The lowest BCUT2D eigenvalue weighted by Gasteiger charge is -2.26. The topological polar surface area (TPSA) is 49.4 Å². The van der Waals surface area contributed by atoms with E-state index in [0.717, 1.165) is 36.2 Å². The third-order valence-electron chi connectivity index (χ3n) is 4.03. The highest BCUT2D eigenvalue weighted by Crippen LogP contribution is 2.21. The Balaban J connectivity index is 1.54. The van der Waals surface area contributed by atoms with E-state index in [9.17, 15) is 9.59 Å². The maximum atomic E-state index is 11.9. The molecule has 0 unspecified atom stereocenters. The van der Waals surface area contributed by atoms with E-state index in [1.807, 2.05) is 47.5 Å². The van der Waals surface area contributed by atoms with E-state index < -0.39 is 0 Å². The van der Waals surface area contributed by atoms with E-state index in [0.29, 0.717) is 17.8 Å². The number of thiophene rings is 1. The van der Waals surface area contributed by atoms with Gasteiger partial charge in [-0.1, -0.05) is 11.8 Å². The molecule has 0 radical (unpaired) electrons. The van der Waals surface area contributed by atoms with Gasteiger partial charge in [0.15, 0.2) is 0 Å². The number of anilines is 1. The monoisotopic (exact) mass is 352 g/mol. The zero-order valence-electron chi connectivity index (χ0n) is 14.2. The van der Waals surface area contributed by atoms with Gasteiger partial charge in [0.2, 0.25) is 5.91 Å². The Hall–Kier alpha value is -2.58. The fourth-order valence-corrected chi connectivity index (χ4v) is 3.53. The number of carbonyl (C=O) groups is 2. The molecule has 0 bridgehead atoms. The average Bonchev–Trinajstić information content (AvgIpc) is 3.06. The smallest absolute Gasteiger partial charge is 0.262 e. The minimum absolute atomic E-state index is 0.0913. The van der Waals surface area contributed by atoms with Gasteiger partial charge in [-0.2, -0.15) is 0 Å². The van der Waals surface area contributed by atoms with Crippen LogP contribution in [0.1, 0.15) is 40.1 Å². The lowest BCUT2D eigenvalue weighted by molar-refractivity contribution is -0.119. The van der Waals surface area contributed by atoms with Gasteiger partial charge in [-0.05, 0) is 61.0 Å². The fraction of sp³-hybridized carbons (Fsp3) is 0.300. The summed E-state index contributed by atoms with van der Waals surface area (Å²) in [5.74, 6) is 6.09. The first-order valence-electron chi connectivity index (χ1n) is 8.36. The summed E-state index contributed by atoms with van der Waals surface area (Å²) < 4.78 is 0. The van der Waals surface area contributed by atoms with Crippen molar-refractivity contribution in [3.05, 3.63) is 51.7 Å². The predicted octanol–water partition coefficient (Wildman–Crippen LogP) is 3.35. The van der Waals surface area contributed by atoms with Gasteiger partial charge in [0.05, 0.1) is 11.4 Å². The first-order chi connectivity index (χ1) is 12.1. The molecule has 2 aromatic rings. The van der Waals surface area contributed by atoms with E-state index in [2.05, 4.69) is 17.2 Å². The first-order valence-corrected chi connectivity index (χ1v) is 9.24. The van der Waals surface area contributed by atoms with Gasteiger partial charge in [0.1, 0.15) is 0 Å². The van der Waals surface area contributed by atoms with Gasteiger partial charge >= 0.3 is 0 Å². The van der Waals surface area contributed by atoms with Crippen molar-refractivity contribution in [3.63, 3.8) is 0 Å². The Morgan fingerprint density at radius 2 is 2.08 bits per heavy atom. The van der Waals surface area contributed by atoms with Crippen molar-refractivity contribution in [2.24, 2.45) is 0 Å². The molecule has 3 rings (SSSR count). The van der Waals surface area contributed by atoms with Crippen LogP contribution in [0.15, 0.2) is 35.7 Å². The molecule has 1 aromatic carbocycles. The molecule has 1 aromatic heterocycles. The zero-order valence-corrected chi connectivity index (χ0v) is 15.0. The van der Waals surface area contributed by atoms with Crippen LogP contribution in [-0.4, -0.2) is 24.9 Å². The largest absolute Gasteiger partial charge is 0.340 e. The maximum absolute atomic E-state index is 11.9. The summed E-state index contributed by atoms with van der Waals surface area (Å²) in [7, 11) is 0. The van der Waals surface area contributed by atoms with E-state index in [-0.39, 0.29) is 11.8 Å². The van der Waals surface area contributed by atoms with Crippen molar-refractivity contribution >= 4 is 28.8 Å². The summed E-state index contributed by atoms with van der Waals surface area (Å²) in [6, 6.07) is 9.55. The number of piperidine rings is 1. The molecule has 0 saturated carbocycles. The average molecular weight is 352 g/mol. The molecule has 0 atom stereocenters. The zero-order chi connectivity index (χ0) is 17.6. The summed E-state index contributed by atoms with van der Waals surface area (Å²) in [5, 5.41) is 4.75. The number of nitrogens with one attached hydrogen (secondary N) is 1. The molecule has 1 fully saturated rings. The predicted molar refractivity (Wildman–Crippen MR) is 101 cm³/mol. The summed E-state index contributed by atoms with van der Waals surface area (Å²) >= 11 is 1.43. The van der Waals surface area contributed by atoms with Crippen molar-refractivity contribution in [1.82, 2.24) is 5.32 Å². The maximum Gasteiger partial charge on any atom is 0.262 e. The van der Waals surface area contributed by atoms with E-state index in [1.54, 1.807) is 0 Å². The fourth-order valence-electron chi connectivity index (χ4n) is 2.71. The van der Waals surface area contributed by atoms with Gasteiger partial charge < -0.3 is 10.2 Å². The minimum Gasteiger partial charge on any atom is -0.340 e. The highest BCUT2D eigenvalue weighted by Gasteiger charge is 2.19. The molecule has 2 heterocycles. The van der Waals surface area contributed by atoms with Crippen LogP contribution in [0.5, 0.6) is 0 Å². The first kappa shape index (κ1) is 17.2. The molecule has 4 nitrogen and oxygen atoms in total. The lowest BCUT2D eigenvalue weighted by Crippen LogP contribution is -2.35. The lowest BCUT2D eigenvalue weighted by atomic mass is 10.1. The molecule has 0 aliphatic carbocycles. The normalized spacial score (nSPS) is 14.0. The number of nitrogens with zero attached hydrogens (tertiary/aromatic N) is 1. The molecule has 1 N–H and O–H groups in total. The standard InChI is InChI=1S/C20H20N2O2S/c1-15-13-18(25-14-15)20(24)21-11-4-5-16-7-9-17(10-8-16)22-12-3-2-6-19(22)23/h7-10,13-14H,2-3,6,11-12H2,1H3,(H,21,24). The molecular formula is C20H20N2O2S. The molecule has 1 aliphatic rings. The Morgan fingerprint density at radius 3 is 2.76 bits per heavy atom. The van der Waals surface area contributed by atoms with Crippen LogP contribution in [0, 0.1) is 18.8 Å². The summed E-state index contributed by atoms with van der Waals surface area (Å²) in [6.45, 7) is 3.06. The Kier molecular flexibility index (Phi) is 5.52. The molecule has 0 spiro atoms.